The van der Waals surface area contributed by atoms with E-state index >= 15 is 0 Å². The highest BCUT2D eigenvalue weighted by molar-refractivity contribution is 7.81. The molecule has 0 aliphatic heterocycles. The van der Waals surface area contributed by atoms with E-state index in [0.29, 0.717) is 0 Å². The molecule has 132 valence electrons. The molecule has 0 bridgehead atoms. The van der Waals surface area contributed by atoms with Crippen molar-refractivity contribution in [2.75, 3.05) is 0 Å². The zero-order valence-electron chi connectivity index (χ0n) is 14.1. The Morgan fingerprint density at radius 2 is 1.30 bits per heavy atom. The zero-order valence-corrected chi connectivity index (χ0v) is 14.9. The minimum atomic E-state index is -4.68. The van der Waals surface area contributed by atoms with Gasteiger partial charge in [0.2, 0.25) is 0 Å². The fourth-order valence-corrected chi connectivity index (χ4v) is 2.99. The molecule has 0 unspecified atom stereocenters. The molecule has 23 heavy (non-hydrogen) atoms. The van der Waals surface area contributed by atoms with Crippen LogP contribution in [0, 0.1) is 0 Å². The van der Waals surface area contributed by atoms with Crippen molar-refractivity contribution >= 4 is 10.4 Å². The lowest BCUT2D eigenvalue weighted by atomic mass is 10.0. The molecule has 5 heteroatoms. The summed E-state index contributed by atoms with van der Waals surface area (Å²) in [5.74, 6) is 0.0758. The van der Waals surface area contributed by atoms with Crippen LogP contribution >= 0.6 is 0 Å². The lowest BCUT2D eigenvalue weighted by Crippen LogP contribution is -2.06. The van der Waals surface area contributed by atoms with Crippen LogP contribution in [0.25, 0.3) is 0 Å². The third-order valence-corrected chi connectivity index (χ3v) is 4.34. The van der Waals surface area contributed by atoms with Crippen molar-refractivity contribution in [3.8, 4) is 5.75 Å². The van der Waals surface area contributed by atoms with Crippen molar-refractivity contribution in [1.29, 1.82) is 0 Å². The Hall–Kier alpha value is -1.07. The second kappa shape index (κ2) is 11.5. The topological polar surface area (TPSA) is 66.4 Å². The van der Waals surface area contributed by atoms with Crippen molar-refractivity contribution in [3.05, 3.63) is 29.8 Å². The molecule has 0 radical (unpaired) electrons. The van der Waals surface area contributed by atoms with E-state index in [1.165, 1.54) is 69.9 Å². The van der Waals surface area contributed by atoms with Gasteiger partial charge < -0.3 is 8.74 Å². The first kappa shape index (κ1) is 20.0. The van der Waals surface area contributed by atoms with Crippen molar-refractivity contribution in [1.82, 2.24) is 0 Å². The summed E-state index contributed by atoms with van der Waals surface area (Å²) in [6, 6.07) is 6.69. The van der Waals surface area contributed by atoms with Crippen LogP contribution in [0.5, 0.6) is 5.75 Å². The number of benzene rings is 1. The number of unbranched alkanes of at least 4 members (excludes halogenated alkanes) is 9. The minimum absolute atomic E-state index is 0.0758. The molecule has 0 N–H and O–H groups in total. The Balaban J connectivity index is 2.05. The van der Waals surface area contributed by atoms with Gasteiger partial charge in [0.15, 0.2) is 0 Å². The lowest BCUT2D eigenvalue weighted by molar-refractivity contribution is 0.372. The summed E-state index contributed by atoms with van der Waals surface area (Å²) in [4.78, 5) is 0. The summed E-state index contributed by atoms with van der Waals surface area (Å²) in [5, 5.41) is 0. The fourth-order valence-electron chi connectivity index (χ4n) is 2.65. The van der Waals surface area contributed by atoms with Gasteiger partial charge in [-0.05, 0) is 30.5 Å². The summed E-state index contributed by atoms with van der Waals surface area (Å²) in [7, 11) is -4.68. The molecule has 0 heterocycles. The zero-order chi connectivity index (χ0) is 17.0. The molecule has 0 atom stereocenters. The van der Waals surface area contributed by atoms with E-state index in [4.69, 9.17) is 0 Å². The van der Waals surface area contributed by atoms with Gasteiger partial charge in [-0.25, -0.2) is 8.42 Å². The van der Waals surface area contributed by atoms with Gasteiger partial charge in [-0.15, -0.1) is 0 Å². The summed E-state index contributed by atoms with van der Waals surface area (Å²) >= 11 is 0. The quantitative estimate of drug-likeness (QED) is 0.288. The van der Waals surface area contributed by atoms with Crippen LogP contribution in [-0.2, 0) is 16.8 Å². The maximum Gasteiger partial charge on any atom is 0.262 e. The first-order valence-electron chi connectivity index (χ1n) is 8.75. The SMILES string of the molecule is CCCCCCCCCCCCc1ccc(OS(=O)(=O)[O-])cc1. The molecule has 1 aromatic carbocycles. The predicted molar refractivity (Wildman–Crippen MR) is 92.3 cm³/mol. The summed E-state index contributed by atoms with van der Waals surface area (Å²) in [5.41, 5.74) is 1.14. The van der Waals surface area contributed by atoms with Gasteiger partial charge >= 0.3 is 0 Å². The lowest BCUT2D eigenvalue weighted by Gasteiger charge is -2.09. The van der Waals surface area contributed by atoms with E-state index in [2.05, 4.69) is 11.1 Å². The van der Waals surface area contributed by atoms with E-state index in [9.17, 15) is 13.0 Å². The molecule has 0 saturated carbocycles. The van der Waals surface area contributed by atoms with Gasteiger partial charge in [-0.2, -0.15) is 0 Å². The number of hydrogen-bond donors (Lipinski definition) is 0. The monoisotopic (exact) mass is 341 g/mol. The summed E-state index contributed by atoms with van der Waals surface area (Å²) in [6.07, 6.45) is 14.1. The predicted octanol–water partition coefficient (Wildman–Crippen LogP) is 4.99. The standard InChI is InChI=1S/C18H30O4S/c1-2-3-4-5-6-7-8-9-10-11-12-17-13-15-18(16-14-17)22-23(19,20)21/h13-16H,2-12H2,1H3,(H,19,20,21)/p-1. The molecule has 0 saturated heterocycles. The van der Waals surface area contributed by atoms with Crippen molar-refractivity contribution in [2.24, 2.45) is 0 Å². The van der Waals surface area contributed by atoms with Gasteiger partial charge in [0.05, 0.1) is 0 Å². The van der Waals surface area contributed by atoms with E-state index in [0.717, 1.165) is 18.4 Å². The second-order valence-electron chi connectivity index (χ2n) is 6.07. The molecular formula is C18H29O4S-. The Morgan fingerprint density at radius 3 is 1.78 bits per heavy atom. The molecule has 4 nitrogen and oxygen atoms in total. The average molecular weight is 341 g/mol. The number of aryl methyl sites for hydroxylation is 1. The second-order valence-corrected chi connectivity index (χ2v) is 7.05. The van der Waals surface area contributed by atoms with Gasteiger partial charge in [0.25, 0.3) is 10.4 Å². The maximum absolute atomic E-state index is 10.5. The highest BCUT2D eigenvalue weighted by atomic mass is 32.3. The van der Waals surface area contributed by atoms with E-state index < -0.39 is 10.4 Å². The van der Waals surface area contributed by atoms with E-state index in [1.807, 2.05) is 12.1 Å². The van der Waals surface area contributed by atoms with Gasteiger partial charge in [0, 0.05) is 0 Å². The normalized spacial score (nSPS) is 11.6. The first-order valence-corrected chi connectivity index (χ1v) is 10.1. The van der Waals surface area contributed by atoms with Crippen LogP contribution in [0.1, 0.15) is 76.7 Å². The third-order valence-electron chi connectivity index (χ3n) is 3.94. The molecule has 0 aliphatic carbocycles. The van der Waals surface area contributed by atoms with Gasteiger partial charge in [-0.1, -0.05) is 76.8 Å². The number of rotatable bonds is 13. The smallest absolute Gasteiger partial charge is 0.262 e. The average Bonchev–Trinajstić information content (AvgIpc) is 2.49. The van der Waals surface area contributed by atoms with Crippen LogP contribution in [-0.4, -0.2) is 13.0 Å². The number of hydrogen-bond acceptors (Lipinski definition) is 4. The molecule has 0 amide bonds. The van der Waals surface area contributed by atoms with Crippen LogP contribution in [0.4, 0.5) is 0 Å². The van der Waals surface area contributed by atoms with Gasteiger partial charge in [-0.3, -0.25) is 0 Å². The van der Waals surface area contributed by atoms with Crippen molar-refractivity contribution in [3.63, 3.8) is 0 Å². The largest absolute Gasteiger partial charge is 0.716 e. The van der Waals surface area contributed by atoms with E-state index in [1.54, 1.807) is 0 Å². The van der Waals surface area contributed by atoms with E-state index in [-0.39, 0.29) is 5.75 Å². The minimum Gasteiger partial charge on any atom is -0.716 e. The molecule has 1 rings (SSSR count). The summed E-state index contributed by atoms with van der Waals surface area (Å²) in [6.45, 7) is 2.24. The molecule has 0 fully saturated rings. The van der Waals surface area contributed by atoms with Crippen LogP contribution in [0.3, 0.4) is 0 Å². The molecular weight excluding hydrogens is 312 g/mol. The Kier molecular flexibility index (Phi) is 9.96. The fraction of sp³-hybridized carbons (Fsp3) is 0.667. The highest BCUT2D eigenvalue weighted by Gasteiger charge is 2.00. The third kappa shape index (κ3) is 11.2. The Morgan fingerprint density at radius 1 is 0.826 bits per heavy atom. The Labute approximate surface area is 141 Å². The summed E-state index contributed by atoms with van der Waals surface area (Å²) < 4.78 is 35.7. The molecule has 0 aliphatic rings. The maximum atomic E-state index is 10.5. The van der Waals surface area contributed by atoms with Crippen LogP contribution in [0.2, 0.25) is 0 Å². The van der Waals surface area contributed by atoms with Gasteiger partial charge in [0.1, 0.15) is 5.75 Å². The van der Waals surface area contributed by atoms with Crippen LogP contribution < -0.4 is 4.18 Å². The Bertz CT molecular complexity index is 508. The molecule has 0 aromatic heterocycles. The van der Waals surface area contributed by atoms with Crippen molar-refractivity contribution < 1.29 is 17.2 Å². The molecule has 1 aromatic rings. The first-order chi connectivity index (χ1) is 11.0. The highest BCUT2D eigenvalue weighted by Crippen LogP contribution is 2.16. The molecule has 0 spiro atoms. The van der Waals surface area contributed by atoms with Crippen LogP contribution in [0.15, 0.2) is 24.3 Å². The van der Waals surface area contributed by atoms with Crippen molar-refractivity contribution in [2.45, 2.75) is 77.6 Å².